The second-order valence-corrected chi connectivity index (χ2v) is 8.76. The number of hydrogen-bond acceptors (Lipinski definition) is 5. The molecular formula is C17H14BrFN2O4S. The molecule has 2 aromatic carbocycles. The van der Waals surface area contributed by atoms with E-state index >= 15 is 0 Å². The molecule has 136 valence electrons. The summed E-state index contributed by atoms with van der Waals surface area (Å²) in [6.45, 7) is 1.48. The summed E-state index contributed by atoms with van der Waals surface area (Å²) in [6, 6.07) is 8.91. The molecule has 3 rings (SSSR count). The first-order valence-electron chi connectivity index (χ1n) is 7.63. The van der Waals surface area contributed by atoms with Gasteiger partial charge in [0.15, 0.2) is 15.4 Å². The van der Waals surface area contributed by atoms with E-state index < -0.39 is 27.3 Å². The van der Waals surface area contributed by atoms with Crippen molar-refractivity contribution in [2.45, 2.75) is 6.92 Å². The van der Waals surface area contributed by atoms with Crippen molar-refractivity contribution < 1.29 is 22.0 Å². The maximum Gasteiger partial charge on any atom is 0.239 e. The van der Waals surface area contributed by atoms with Gasteiger partial charge in [-0.25, -0.2) is 17.8 Å². The highest BCUT2D eigenvalue weighted by atomic mass is 79.9. The molecule has 26 heavy (non-hydrogen) atoms. The minimum absolute atomic E-state index is 0.103. The zero-order valence-electron chi connectivity index (χ0n) is 13.6. The zero-order chi connectivity index (χ0) is 18.9. The fourth-order valence-corrected chi connectivity index (χ4v) is 3.37. The van der Waals surface area contributed by atoms with Crippen LogP contribution in [0, 0.1) is 5.82 Å². The summed E-state index contributed by atoms with van der Waals surface area (Å²) in [7, 11) is -3.41. The molecule has 0 saturated heterocycles. The van der Waals surface area contributed by atoms with Crippen molar-refractivity contribution in [3.63, 3.8) is 0 Å². The Bertz CT molecular complexity index is 1100. The molecule has 0 spiro atoms. The first kappa shape index (κ1) is 18.5. The van der Waals surface area contributed by atoms with Crippen molar-refractivity contribution in [2.75, 3.05) is 16.8 Å². The predicted octanol–water partition coefficient (Wildman–Crippen LogP) is 3.77. The van der Waals surface area contributed by atoms with Crippen molar-refractivity contribution in [2.24, 2.45) is 0 Å². The average Bonchev–Trinajstić information content (AvgIpc) is 2.99. The Balaban J connectivity index is 1.88. The molecule has 1 heterocycles. The van der Waals surface area contributed by atoms with Gasteiger partial charge in [-0.2, -0.15) is 0 Å². The van der Waals surface area contributed by atoms with Gasteiger partial charge in [0.2, 0.25) is 11.8 Å². The van der Waals surface area contributed by atoms with Crippen LogP contribution in [0.4, 0.5) is 10.1 Å². The van der Waals surface area contributed by atoms with E-state index in [0.717, 1.165) is 0 Å². The highest BCUT2D eigenvalue weighted by molar-refractivity contribution is 9.10. The highest BCUT2D eigenvalue weighted by Crippen LogP contribution is 2.31. The molecule has 0 aliphatic carbocycles. The topological polar surface area (TPSA) is 89.3 Å². The minimum Gasteiger partial charge on any atom is -0.436 e. The molecular weight excluding hydrogens is 427 g/mol. The molecule has 3 aromatic rings. The molecule has 0 aliphatic rings. The van der Waals surface area contributed by atoms with Gasteiger partial charge < -0.3 is 9.73 Å². The van der Waals surface area contributed by atoms with Crippen LogP contribution in [-0.2, 0) is 14.6 Å². The summed E-state index contributed by atoms with van der Waals surface area (Å²) in [5.41, 5.74) is 1.76. The lowest BCUT2D eigenvalue weighted by Crippen LogP contribution is -2.23. The number of carbonyl (C=O) groups excluding carboxylic acids is 1. The third kappa shape index (κ3) is 4.10. The van der Waals surface area contributed by atoms with Gasteiger partial charge in [0.05, 0.1) is 5.56 Å². The normalized spacial score (nSPS) is 11.7. The molecule has 0 radical (unpaired) electrons. The number of anilines is 1. The van der Waals surface area contributed by atoms with Crippen molar-refractivity contribution in [1.29, 1.82) is 0 Å². The van der Waals surface area contributed by atoms with Crippen LogP contribution in [0.5, 0.6) is 0 Å². The molecule has 6 nitrogen and oxygen atoms in total. The number of hydrogen-bond donors (Lipinski definition) is 1. The van der Waals surface area contributed by atoms with Crippen LogP contribution in [0.1, 0.15) is 6.92 Å². The summed E-state index contributed by atoms with van der Waals surface area (Å²) >= 11 is 3.33. The van der Waals surface area contributed by atoms with Crippen LogP contribution in [0.15, 0.2) is 45.3 Å². The fraction of sp³-hybridized carbons (Fsp3) is 0.176. The number of nitrogens with one attached hydrogen (secondary N) is 1. The second-order valence-electron chi connectivity index (χ2n) is 5.55. The third-order valence-corrected chi connectivity index (χ3v) is 5.89. The smallest absolute Gasteiger partial charge is 0.239 e. The number of oxazole rings is 1. The molecule has 0 bridgehead atoms. The second kappa shape index (κ2) is 7.16. The Labute approximate surface area is 157 Å². The van der Waals surface area contributed by atoms with E-state index in [4.69, 9.17) is 4.42 Å². The Morgan fingerprint density at radius 3 is 2.77 bits per heavy atom. The Kier molecular flexibility index (Phi) is 5.10. The maximum absolute atomic E-state index is 13.5. The largest absolute Gasteiger partial charge is 0.436 e. The first-order chi connectivity index (χ1) is 12.3. The van der Waals surface area contributed by atoms with E-state index in [-0.39, 0.29) is 11.6 Å². The Morgan fingerprint density at radius 1 is 1.27 bits per heavy atom. The van der Waals surface area contributed by atoms with E-state index in [9.17, 15) is 17.6 Å². The summed E-state index contributed by atoms with van der Waals surface area (Å²) in [4.78, 5) is 16.2. The average molecular weight is 441 g/mol. The number of rotatable bonds is 5. The van der Waals surface area contributed by atoms with Crippen LogP contribution < -0.4 is 5.32 Å². The number of benzene rings is 2. The van der Waals surface area contributed by atoms with E-state index in [0.29, 0.717) is 26.8 Å². The number of fused-ring (bicyclic) bond motifs is 1. The van der Waals surface area contributed by atoms with E-state index in [1.54, 1.807) is 24.3 Å². The molecule has 0 fully saturated rings. The van der Waals surface area contributed by atoms with Gasteiger partial charge in [-0.15, -0.1) is 0 Å². The molecule has 0 unspecified atom stereocenters. The van der Waals surface area contributed by atoms with Gasteiger partial charge in [-0.05, 0) is 52.3 Å². The first-order valence-corrected chi connectivity index (χ1v) is 10.2. The van der Waals surface area contributed by atoms with Crippen LogP contribution >= 0.6 is 15.9 Å². The number of amides is 1. The van der Waals surface area contributed by atoms with Crippen LogP contribution in [0.2, 0.25) is 0 Å². The lowest BCUT2D eigenvalue weighted by atomic mass is 10.2. The van der Waals surface area contributed by atoms with E-state index in [1.165, 1.54) is 19.1 Å². The maximum atomic E-state index is 13.5. The summed E-state index contributed by atoms with van der Waals surface area (Å²) < 4.78 is 42.8. The number of carbonyl (C=O) groups is 1. The van der Waals surface area contributed by atoms with Crippen LogP contribution in [0.3, 0.4) is 0 Å². The van der Waals surface area contributed by atoms with Crippen molar-refractivity contribution in [3.8, 4) is 11.5 Å². The number of nitrogens with zero attached hydrogens (tertiary/aromatic N) is 1. The number of halogens is 2. The van der Waals surface area contributed by atoms with Crippen molar-refractivity contribution in [3.05, 3.63) is 46.7 Å². The molecule has 0 atom stereocenters. The predicted molar refractivity (Wildman–Crippen MR) is 100 cm³/mol. The number of aromatic nitrogens is 1. The Morgan fingerprint density at radius 2 is 2.04 bits per heavy atom. The van der Waals surface area contributed by atoms with Gasteiger partial charge in [0, 0.05) is 15.9 Å². The quantitative estimate of drug-likeness (QED) is 0.651. The SMILES string of the molecule is CCS(=O)(=O)CC(=O)Nc1ccc2oc(-c3cc(F)ccc3Br)nc2c1. The van der Waals surface area contributed by atoms with Crippen LogP contribution in [0.25, 0.3) is 22.6 Å². The van der Waals surface area contributed by atoms with Gasteiger partial charge in [0.1, 0.15) is 17.1 Å². The fourth-order valence-electron chi connectivity index (χ4n) is 2.28. The standard InChI is InChI=1S/C17H14BrFN2O4S/c1-2-26(23,24)9-16(22)20-11-4-6-15-14(8-11)21-17(25-15)12-7-10(19)3-5-13(12)18/h3-8H,2,9H2,1H3,(H,20,22). The molecule has 0 aliphatic heterocycles. The van der Waals surface area contributed by atoms with Gasteiger partial charge in [-0.3, -0.25) is 4.79 Å². The van der Waals surface area contributed by atoms with Gasteiger partial charge in [-0.1, -0.05) is 6.92 Å². The molecule has 0 saturated carbocycles. The molecule has 1 N–H and O–H groups in total. The lowest BCUT2D eigenvalue weighted by molar-refractivity contribution is -0.113. The lowest BCUT2D eigenvalue weighted by Gasteiger charge is -2.04. The molecule has 9 heteroatoms. The van der Waals surface area contributed by atoms with E-state index in [2.05, 4.69) is 26.2 Å². The molecule has 1 amide bonds. The summed E-state index contributed by atoms with van der Waals surface area (Å²) in [5, 5.41) is 2.52. The van der Waals surface area contributed by atoms with Gasteiger partial charge in [0.25, 0.3) is 0 Å². The third-order valence-electron chi connectivity index (χ3n) is 3.62. The number of sulfone groups is 1. The summed E-state index contributed by atoms with van der Waals surface area (Å²) in [5.74, 6) is -1.50. The highest BCUT2D eigenvalue weighted by Gasteiger charge is 2.16. The van der Waals surface area contributed by atoms with E-state index in [1.807, 2.05) is 0 Å². The van der Waals surface area contributed by atoms with Crippen molar-refractivity contribution >= 4 is 48.5 Å². The molecule has 1 aromatic heterocycles. The van der Waals surface area contributed by atoms with Crippen molar-refractivity contribution in [1.82, 2.24) is 4.98 Å². The Hall–Kier alpha value is -2.26. The monoisotopic (exact) mass is 440 g/mol. The zero-order valence-corrected chi connectivity index (χ0v) is 16.0. The van der Waals surface area contributed by atoms with Crippen LogP contribution in [-0.4, -0.2) is 30.8 Å². The van der Waals surface area contributed by atoms with Gasteiger partial charge >= 0.3 is 0 Å². The summed E-state index contributed by atoms with van der Waals surface area (Å²) in [6.07, 6.45) is 0. The minimum atomic E-state index is -3.41.